The molecule has 2 heterocycles. The van der Waals surface area contributed by atoms with Gasteiger partial charge in [-0.1, -0.05) is 35.5 Å². The fourth-order valence-electron chi connectivity index (χ4n) is 2.72. The Balaban J connectivity index is 1.65. The summed E-state index contributed by atoms with van der Waals surface area (Å²) in [4.78, 5) is 25.2. The largest absolute Gasteiger partial charge is 0.350 e. The second-order valence-electron chi connectivity index (χ2n) is 6.19. The molecule has 0 fully saturated rings. The van der Waals surface area contributed by atoms with Crippen molar-refractivity contribution in [2.75, 3.05) is 0 Å². The van der Waals surface area contributed by atoms with E-state index in [1.807, 2.05) is 30.3 Å². The molecule has 1 atom stereocenters. The predicted octanol–water partition coefficient (Wildman–Crippen LogP) is 1.12. The normalized spacial score (nSPS) is 11.7. The maximum atomic E-state index is 12.7. The molecule has 0 saturated carbocycles. The zero-order chi connectivity index (χ0) is 19.1. The molecule has 0 radical (unpaired) electrons. The fraction of sp³-hybridized carbons (Fsp3) is 0.263. The number of rotatable bonds is 8. The average molecular weight is 366 g/mol. The van der Waals surface area contributed by atoms with E-state index >= 15 is 0 Å². The van der Waals surface area contributed by atoms with Gasteiger partial charge >= 0.3 is 0 Å². The Hall–Kier alpha value is -3.42. The Bertz CT molecular complexity index is 873. The average Bonchev–Trinajstić information content (AvgIpc) is 3.35. The van der Waals surface area contributed by atoms with Crippen LogP contribution in [-0.2, 0) is 24.9 Å². The number of amides is 2. The standard InChI is InChI=1S/C19H22N6O2/c1-24-11-5-8-17(24)19(27)22-16(9-12-25-13-10-21-23-25)18(26)20-14-15-6-3-2-4-7-15/h2-8,10-11,13,16H,9,12,14H2,1H3,(H,20,26)(H,22,27)/t16-/m0/s1. The minimum absolute atomic E-state index is 0.235. The molecule has 2 N–H and O–H groups in total. The molecule has 8 heteroatoms. The van der Waals surface area contributed by atoms with E-state index in [0.29, 0.717) is 25.2 Å². The number of hydrogen-bond donors (Lipinski definition) is 2. The molecule has 0 saturated heterocycles. The zero-order valence-corrected chi connectivity index (χ0v) is 15.1. The van der Waals surface area contributed by atoms with Crippen molar-refractivity contribution in [3.05, 3.63) is 72.3 Å². The Kier molecular flexibility index (Phi) is 5.98. The highest BCUT2D eigenvalue weighted by Gasteiger charge is 2.22. The van der Waals surface area contributed by atoms with Crippen molar-refractivity contribution in [1.29, 1.82) is 0 Å². The number of benzene rings is 1. The van der Waals surface area contributed by atoms with Crippen LogP contribution in [0.15, 0.2) is 61.1 Å². The first-order valence-electron chi connectivity index (χ1n) is 8.71. The van der Waals surface area contributed by atoms with E-state index in [1.54, 1.807) is 47.0 Å². The molecule has 0 aliphatic rings. The summed E-state index contributed by atoms with van der Waals surface area (Å²) >= 11 is 0. The van der Waals surface area contributed by atoms with Gasteiger partial charge in [-0.2, -0.15) is 0 Å². The number of aromatic nitrogens is 4. The van der Waals surface area contributed by atoms with E-state index in [1.165, 1.54) is 0 Å². The highest BCUT2D eigenvalue weighted by atomic mass is 16.2. The van der Waals surface area contributed by atoms with Crippen LogP contribution in [-0.4, -0.2) is 37.4 Å². The summed E-state index contributed by atoms with van der Waals surface area (Å²) < 4.78 is 3.35. The quantitative estimate of drug-likeness (QED) is 0.625. The zero-order valence-electron chi connectivity index (χ0n) is 15.1. The second kappa shape index (κ2) is 8.79. The van der Waals surface area contributed by atoms with E-state index in [9.17, 15) is 9.59 Å². The summed E-state index contributed by atoms with van der Waals surface area (Å²) in [5.74, 6) is -0.525. The number of nitrogens with zero attached hydrogens (tertiary/aromatic N) is 4. The van der Waals surface area contributed by atoms with Crippen LogP contribution in [0.2, 0.25) is 0 Å². The molecule has 3 aromatic rings. The summed E-state index contributed by atoms with van der Waals surface area (Å²) in [5, 5.41) is 13.4. The molecule has 0 aliphatic heterocycles. The number of carbonyl (C=O) groups is 2. The molecular weight excluding hydrogens is 344 g/mol. The first-order chi connectivity index (χ1) is 13.1. The Morgan fingerprint density at radius 3 is 2.59 bits per heavy atom. The van der Waals surface area contributed by atoms with Gasteiger partial charge in [0.1, 0.15) is 11.7 Å². The monoisotopic (exact) mass is 366 g/mol. The minimum Gasteiger partial charge on any atom is -0.350 e. The van der Waals surface area contributed by atoms with E-state index in [-0.39, 0.29) is 11.8 Å². The van der Waals surface area contributed by atoms with Crippen LogP contribution in [0, 0.1) is 0 Å². The van der Waals surface area contributed by atoms with Crippen LogP contribution >= 0.6 is 0 Å². The second-order valence-corrected chi connectivity index (χ2v) is 6.19. The lowest BCUT2D eigenvalue weighted by Gasteiger charge is -2.19. The van der Waals surface area contributed by atoms with Gasteiger partial charge in [-0.3, -0.25) is 14.3 Å². The molecule has 1 aromatic carbocycles. The SMILES string of the molecule is Cn1cccc1C(=O)N[C@@H](CCn1ccnn1)C(=O)NCc1ccccc1. The van der Waals surface area contributed by atoms with Crippen molar-refractivity contribution in [2.45, 2.75) is 25.6 Å². The van der Waals surface area contributed by atoms with Gasteiger partial charge in [-0.25, -0.2) is 0 Å². The molecule has 2 amide bonds. The molecule has 0 unspecified atom stereocenters. The highest BCUT2D eigenvalue weighted by molar-refractivity contribution is 5.96. The van der Waals surface area contributed by atoms with Gasteiger partial charge in [0.15, 0.2) is 0 Å². The molecule has 8 nitrogen and oxygen atoms in total. The molecule has 0 spiro atoms. The van der Waals surface area contributed by atoms with E-state index in [0.717, 1.165) is 5.56 Å². The third kappa shape index (κ3) is 5.04. The smallest absolute Gasteiger partial charge is 0.268 e. The summed E-state index contributed by atoms with van der Waals surface area (Å²) in [5.41, 5.74) is 1.49. The summed E-state index contributed by atoms with van der Waals surface area (Å²) in [6.07, 6.45) is 5.49. The van der Waals surface area contributed by atoms with Gasteiger partial charge in [-0.05, 0) is 24.1 Å². The molecule has 2 aromatic heterocycles. The Labute approximate surface area is 157 Å². The first kappa shape index (κ1) is 18.4. The van der Waals surface area contributed by atoms with Crippen molar-refractivity contribution in [3.8, 4) is 0 Å². The van der Waals surface area contributed by atoms with Gasteiger partial charge in [-0.15, -0.1) is 5.10 Å². The molecule has 0 aliphatic carbocycles. The van der Waals surface area contributed by atoms with Gasteiger partial charge in [0.25, 0.3) is 5.91 Å². The molecular formula is C19H22N6O2. The number of aryl methyl sites for hydroxylation is 2. The van der Waals surface area contributed by atoms with E-state index in [2.05, 4.69) is 20.9 Å². The number of carbonyl (C=O) groups excluding carboxylic acids is 2. The van der Waals surface area contributed by atoms with E-state index < -0.39 is 6.04 Å². The molecule has 27 heavy (non-hydrogen) atoms. The van der Waals surface area contributed by atoms with Crippen LogP contribution in [0.1, 0.15) is 22.5 Å². The van der Waals surface area contributed by atoms with Crippen LogP contribution in [0.4, 0.5) is 0 Å². The fourth-order valence-corrected chi connectivity index (χ4v) is 2.72. The van der Waals surface area contributed by atoms with Crippen molar-refractivity contribution in [3.63, 3.8) is 0 Å². The molecule has 0 bridgehead atoms. The third-order valence-corrected chi connectivity index (χ3v) is 4.23. The summed E-state index contributed by atoms with van der Waals surface area (Å²) in [7, 11) is 1.79. The number of hydrogen-bond acceptors (Lipinski definition) is 4. The topological polar surface area (TPSA) is 93.8 Å². The van der Waals surface area contributed by atoms with Crippen molar-refractivity contribution in [1.82, 2.24) is 30.2 Å². The number of nitrogens with one attached hydrogen (secondary N) is 2. The van der Waals surface area contributed by atoms with Crippen LogP contribution < -0.4 is 10.6 Å². The summed E-state index contributed by atoms with van der Waals surface area (Å²) in [6.45, 7) is 0.871. The maximum Gasteiger partial charge on any atom is 0.268 e. The van der Waals surface area contributed by atoms with Crippen molar-refractivity contribution < 1.29 is 9.59 Å². The Morgan fingerprint density at radius 1 is 1.11 bits per heavy atom. The lowest BCUT2D eigenvalue weighted by molar-refractivity contribution is -0.123. The summed E-state index contributed by atoms with van der Waals surface area (Å²) in [6, 6.07) is 12.5. The lowest BCUT2D eigenvalue weighted by Crippen LogP contribution is -2.47. The third-order valence-electron chi connectivity index (χ3n) is 4.23. The van der Waals surface area contributed by atoms with Gasteiger partial charge in [0, 0.05) is 32.5 Å². The van der Waals surface area contributed by atoms with E-state index in [4.69, 9.17) is 0 Å². The lowest BCUT2D eigenvalue weighted by atomic mass is 10.1. The van der Waals surface area contributed by atoms with Gasteiger partial charge < -0.3 is 15.2 Å². The predicted molar refractivity (Wildman–Crippen MR) is 99.6 cm³/mol. The van der Waals surface area contributed by atoms with Gasteiger partial charge in [0.2, 0.25) is 5.91 Å². The van der Waals surface area contributed by atoms with Crippen LogP contribution in [0.5, 0.6) is 0 Å². The van der Waals surface area contributed by atoms with Crippen molar-refractivity contribution in [2.24, 2.45) is 7.05 Å². The maximum absolute atomic E-state index is 12.7. The van der Waals surface area contributed by atoms with Crippen molar-refractivity contribution >= 4 is 11.8 Å². The Morgan fingerprint density at radius 2 is 1.93 bits per heavy atom. The highest BCUT2D eigenvalue weighted by Crippen LogP contribution is 2.04. The van der Waals surface area contributed by atoms with Crippen LogP contribution in [0.3, 0.4) is 0 Å². The molecule has 3 rings (SSSR count). The molecule has 140 valence electrons. The van der Waals surface area contributed by atoms with Crippen LogP contribution in [0.25, 0.3) is 0 Å². The first-order valence-corrected chi connectivity index (χ1v) is 8.71. The van der Waals surface area contributed by atoms with Gasteiger partial charge in [0.05, 0.1) is 6.20 Å². The minimum atomic E-state index is -0.680.